The molecule has 3 heteroatoms. The topological polar surface area (TPSA) is 43.4 Å². The number of Topliss-reactive ketones (excluding diaryl/α,β-unsaturated/α-hetero) is 1. The SMILES string of the molecule is Cc1cccc([C@H]2CC(=O)C[C@@H](c3cccc(C)c3)C23C(=O)Oc2ccccc23)c1. The first kappa shape index (κ1) is 18.8. The zero-order valence-electron chi connectivity index (χ0n) is 17.2. The minimum Gasteiger partial charge on any atom is -0.426 e. The molecule has 3 aromatic carbocycles. The van der Waals surface area contributed by atoms with E-state index in [0.717, 1.165) is 27.8 Å². The van der Waals surface area contributed by atoms with Gasteiger partial charge in [-0.05, 0) is 31.0 Å². The molecule has 3 aromatic rings. The number of benzene rings is 3. The van der Waals surface area contributed by atoms with Gasteiger partial charge in [0.15, 0.2) is 0 Å². The van der Waals surface area contributed by atoms with E-state index in [1.165, 1.54) is 0 Å². The van der Waals surface area contributed by atoms with E-state index in [1.807, 2.05) is 74.5 Å². The van der Waals surface area contributed by atoms with Crippen LogP contribution in [0.2, 0.25) is 0 Å². The molecule has 5 rings (SSSR count). The van der Waals surface area contributed by atoms with E-state index in [0.29, 0.717) is 18.6 Å². The van der Waals surface area contributed by atoms with E-state index in [9.17, 15) is 9.59 Å². The van der Waals surface area contributed by atoms with E-state index in [-0.39, 0.29) is 23.6 Å². The molecule has 2 aliphatic rings. The van der Waals surface area contributed by atoms with Gasteiger partial charge in [-0.25, -0.2) is 0 Å². The minimum atomic E-state index is -0.911. The number of carbonyl (C=O) groups is 2. The lowest BCUT2D eigenvalue weighted by atomic mass is 9.54. The summed E-state index contributed by atoms with van der Waals surface area (Å²) in [6, 6.07) is 24.1. The molecule has 0 N–H and O–H groups in total. The van der Waals surface area contributed by atoms with Crippen molar-refractivity contribution >= 4 is 11.8 Å². The zero-order chi connectivity index (χ0) is 20.9. The van der Waals surface area contributed by atoms with Gasteiger partial charge in [0.2, 0.25) is 0 Å². The molecule has 0 saturated heterocycles. The quantitative estimate of drug-likeness (QED) is 0.431. The van der Waals surface area contributed by atoms with Crippen LogP contribution in [0.3, 0.4) is 0 Å². The first-order valence-electron chi connectivity index (χ1n) is 10.5. The molecule has 0 radical (unpaired) electrons. The highest BCUT2D eigenvalue weighted by Gasteiger charge is 2.62. The Morgan fingerprint density at radius 3 is 1.90 bits per heavy atom. The molecule has 1 saturated carbocycles. The summed E-state index contributed by atoms with van der Waals surface area (Å²) in [4.78, 5) is 26.7. The van der Waals surface area contributed by atoms with Crippen molar-refractivity contribution in [3.05, 3.63) is 101 Å². The molecule has 1 aliphatic carbocycles. The lowest BCUT2D eigenvalue weighted by molar-refractivity contribution is -0.142. The van der Waals surface area contributed by atoms with Crippen LogP contribution in [0.15, 0.2) is 72.8 Å². The van der Waals surface area contributed by atoms with Gasteiger partial charge in [-0.1, -0.05) is 77.9 Å². The maximum absolute atomic E-state index is 13.7. The number of para-hydroxylation sites is 1. The molecule has 3 nitrogen and oxygen atoms in total. The number of aryl methyl sites for hydroxylation is 2. The van der Waals surface area contributed by atoms with Crippen LogP contribution >= 0.6 is 0 Å². The van der Waals surface area contributed by atoms with E-state index in [2.05, 4.69) is 12.1 Å². The predicted molar refractivity (Wildman–Crippen MR) is 116 cm³/mol. The monoisotopic (exact) mass is 396 g/mol. The van der Waals surface area contributed by atoms with Gasteiger partial charge in [0.1, 0.15) is 16.9 Å². The number of rotatable bonds is 2. The Bertz CT molecular complexity index is 1100. The second-order valence-corrected chi connectivity index (χ2v) is 8.64. The largest absolute Gasteiger partial charge is 0.426 e. The molecule has 1 spiro atoms. The molecule has 1 aliphatic heterocycles. The summed E-state index contributed by atoms with van der Waals surface area (Å²) in [5, 5.41) is 0. The summed E-state index contributed by atoms with van der Waals surface area (Å²) in [6.45, 7) is 4.08. The fraction of sp³-hybridized carbons (Fsp3) is 0.259. The van der Waals surface area contributed by atoms with E-state index in [4.69, 9.17) is 4.74 Å². The van der Waals surface area contributed by atoms with E-state index < -0.39 is 5.41 Å². The van der Waals surface area contributed by atoms with Crippen LogP contribution in [0.25, 0.3) is 0 Å². The highest BCUT2D eigenvalue weighted by molar-refractivity contribution is 5.97. The van der Waals surface area contributed by atoms with Gasteiger partial charge in [-0.15, -0.1) is 0 Å². The molecule has 1 unspecified atom stereocenters. The summed E-state index contributed by atoms with van der Waals surface area (Å²) in [7, 11) is 0. The Morgan fingerprint density at radius 1 is 0.767 bits per heavy atom. The van der Waals surface area contributed by atoms with Gasteiger partial charge < -0.3 is 4.74 Å². The number of carbonyl (C=O) groups excluding carboxylic acids is 2. The molecule has 0 amide bonds. The number of esters is 1. The third kappa shape index (κ3) is 2.72. The van der Waals surface area contributed by atoms with Gasteiger partial charge in [0.25, 0.3) is 0 Å². The minimum absolute atomic E-state index is 0.191. The molecule has 0 aromatic heterocycles. The number of hydrogen-bond acceptors (Lipinski definition) is 3. The van der Waals surface area contributed by atoms with E-state index in [1.54, 1.807) is 0 Å². The fourth-order valence-electron chi connectivity index (χ4n) is 5.49. The lowest BCUT2D eigenvalue weighted by Crippen LogP contribution is -2.49. The smallest absolute Gasteiger partial charge is 0.323 e. The summed E-state index contributed by atoms with van der Waals surface area (Å²) < 4.78 is 5.85. The van der Waals surface area contributed by atoms with Gasteiger partial charge in [0.05, 0.1) is 0 Å². The summed E-state index contributed by atoms with van der Waals surface area (Å²) >= 11 is 0. The molecular formula is C27H24O3. The van der Waals surface area contributed by atoms with Crippen LogP contribution in [-0.4, -0.2) is 11.8 Å². The van der Waals surface area contributed by atoms with Crippen LogP contribution in [0.4, 0.5) is 0 Å². The van der Waals surface area contributed by atoms with Crippen molar-refractivity contribution in [3.63, 3.8) is 0 Å². The molecule has 0 bridgehead atoms. The maximum atomic E-state index is 13.7. The van der Waals surface area contributed by atoms with Crippen molar-refractivity contribution in [2.45, 2.75) is 43.9 Å². The third-order valence-corrected chi connectivity index (χ3v) is 6.73. The molecule has 150 valence electrons. The molecule has 3 atom stereocenters. The van der Waals surface area contributed by atoms with Gasteiger partial charge in [-0.3, -0.25) is 9.59 Å². The summed E-state index contributed by atoms with van der Waals surface area (Å²) in [5.41, 5.74) is 4.27. The Hall–Kier alpha value is -3.20. The molecular weight excluding hydrogens is 372 g/mol. The van der Waals surface area contributed by atoms with Crippen molar-refractivity contribution in [1.82, 2.24) is 0 Å². The normalized spacial score (nSPS) is 25.3. The lowest BCUT2D eigenvalue weighted by Gasteiger charge is -2.45. The second kappa shape index (κ2) is 6.94. The van der Waals surface area contributed by atoms with Crippen LogP contribution in [0.5, 0.6) is 5.75 Å². The molecule has 30 heavy (non-hydrogen) atoms. The maximum Gasteiger partial charge on any atom is 0.323 e. The number of hydrogen-bond donors (Lipinski definition) is 0. The highest BCUT2D eigenvalue weighted by Crippen LogP contribution is 2.60. The third-order valence-electron chi connectivity index (χ3n) is 6.73. The zero-order valence-corrected chi connectivity index (χ0v) is 17.2. The van der Waals surface area contributed by atoms with Crippen molar-refractivity contribution in [2.75, 3.05) is 0 Å². The van der Waals surface area contributed by atoms with Gasteiger partial charge in [0, 0.05) is 30.2 Å². The van der Waals surface area contributed by atoms with Crippen molar-refractivity contribution < 1.29 is 14.3 Å². The fourth-order valence-corrected chi connectivity index (χ4v) is 5.49. The second-order valence-electron chi connectivity index (χ2n) is 8.64. The molecule has 1 heterocycles. The Kier molecular flexibility index (Phi) is 4.35. The van der Waals surface area contributed by atoms with Crippen LogP contribution in [-0.2, 0) is 15.0 Å². The highest BCUT2D eigenvalue weighted by atomic mass is 16.5. The first-order valence-corrected chi connectivity index (χ1v) is 10.5. The first-order chi connectivity index (χ1) is 14.5. The Labute approximate surface area is 176 Å². The number of ketones is 1. The van der Waals surface area contributed by atoms with Crippen LogP contribution in [0.1, 0.15) is 52.5 Å². The van der Waals surface area contributed by atoms with Gasteiger partial charge in [-0.2, -0.15) is 0 Å². The summed E-state index contributed by atoms with van der Waals surface area (Å²) in [5.74, 6) is 0.0396. The van der Waals surface area contributed by atoms with Crippen molar-refractivity contribution in [2.24, 2.45) is 0 Å². The molecule has 1 fully saturated rings. The van der Waals surface area contributed by atoms with Crippen LogP contribution in [0, 0.1) is 13.8 Å². The average Bonchev–Trinajstić information content (AvgIpc) is 3.02. The van der Waals surface area contributed by atoms with Gasteiger partial charge >= 0.3 is 5.97 Å². The standard InChI is InChI=1S/C27H24O3/c1-17-7-5-9-19(13-17)23-15-21(28)16-24(20-10-6-8-18(2)14-20)27(23)22-11-3-4-12-25(22)30-26(27)29/h3-14,23-24H,15-16H2,1-2H3/t23-,24+,27?. The summed E-state index contributed by atoms with van der Waals surface area (Å²) in [6.07, 6.45) is 0.685. The number of ether oxygens (including phenoxy) is 1. The Morgan fingerprint density at radius 2 is 1.33 bits per heavy atom. The average molecular weight is 396 g/mol. The van der Waals surface area contributed by atoms with Crippen LogP contribution < -0.4 is 4.74 Å². The van der Waals surface area contributed by atoms with E-state index >= 15 is 0 Å². The van der Waals surface area contributed by atoms with Crippen molar-refractivity contribution in [1.29, 1.82) is 0 Å². The number of fused-ring (bicyclic) bond motifs is 2. The Balaban J connectivity index is 1.81. The predicted octanol–water partition coefficient (Wildman–Crippen LogP) is 5.39. The van der Waals surface area contributed by atoms with Crippen molar-refractivity contribution in [3.8, 4) is 5.75 Å².